The van der Waals surface area contributed by atoms with Crippen LogP contribution in [0.15, 0.2) is 66.7 Å². The van der Waals surface area contributed by atoms with E-state index in [9.17, 15) is 9.59 Å². The van der Waals surface area contributed by atoms with Crippen LogP contribution >= 0.6 is 0 Å². The molecule has 0 fully saturated rings. The zero-order valence-electron chi connectivity index (χ0n) is 10.2. The van der Waals surface area contributed by atoms with Gasteiger partial charge < -0.3 is 4.74 Å². The van der Waals surface area contributed by atoms with Gasteiger partial charge in [-0.25, -0.2) is 9.59 Å². The zero-order valence-corrected chi connectivity index (χ0v) is 10.2. The molecular weight excluding hydrogens is 240 g/mol. The quantitative estimate of drug-likeness (QED) is 0.479. The Morgan fingerprint density at radius 2 is 1.42 bits per heavy atom. The Morgan fingerprint density at radius 3 is 2.05 bits per heavy atom. The zero-order chi connectivity index (χ0) is 13.5. The smallest absolute Gasteiger partial charge is 0.346 e. The summed E-state index contributed by atoms with van der Waals surface area (Å²) >= 11 is 0. The molecule has 94 valence electrons. The highest BCUT2D eigenvalue weighted by atomic mass is 16.6. The lowest BCUT2D eigenvalue weighted by atomic mass is 10.2. The van der Waals surface area contributed by atoms with Crippen LogP contribution in [0.5, 0.6) is 0 Å². The fourth-order valence-corrected chi connectivity index (χ4v) is 1.49. The van der Waals surface area contributed by atoms with Gasteiger partial charge in [0, 0.05) is 6.08 Å². The van der Waals surface area contributed by atoms with E-state index in [0.29, 0.717) is 5.56 Å². The van der Waals surface area contributed by atoms with Gasteiger partial charge in [0.25, 0.3) is 0 Å². The Bertz CT molecular complexity index is 586. The van der Waals surface area contributed by atoms with Crippen LogP contribution in [0.3, 0.4) is 0 Å². The normalized spacial score (nSPS) is 10.3. The van der Waals surface area contributed by atoms with E-state index in [1.54, 1.807) is 36.4 Å². The van der Waals surface area contributed by atoms with Gasteiger partial charge in [-0.2, -0.15) is 0 Å². The molecule has 0 radical (unpaired) electrons. The average molecular weight is 252 g/mol. The molecule has 0 bridgehead atoms. The van der Waals surface area contributed by atoms with Gasteiger partial charge >= 0.3 is 11.9 Å². The van der Waals surface area contributed by atoms with Gasteiger partial charge in [0.05, 0.1) is 5.56 Å². The molecule has 2 aromatic carbocycles. The molecule has 0 unspecified atom stereocenters. The summed E-state index contributed by atoms with van der Waals surface area (Å²) in [4.78, 5) is 23.1. The van der Waals surface area contributed by atoms with E-state index >= 15 is 0 Å². The molecule has 0 heterocycles. The molecule has 0 aromatic heterocycles. The van der Waals surface area contributed by atoms with Gasteiger partial charge in [0.1, 0.15) is 0 Å². The van der Waals surface area contributed by atoms with Crippen molar-refractivity contribution in [2.24, 2.45) is 0 Å². The summed E-state index contributed by atoms with van der Waals surface area (Å²) in [5, 5.41) is 0. The highest BCUT2D eigenvalue weighted by Crippen LogP contribution is 2.04. The van der Waals surface area contributed by atoms with Crippen LogP contribution in [0, 0.1) is 0 Å². The minimum Gasteiger partial charge on any atom is -0.386 e. The Balaban J connectivity index is 1.95. The van der Waals surface area contributed by atoms with Gasteiger partial charge in [-0.05, 0) is 23.8 Å². The summed E-state index contributed by atoms with van der Waals surface area (Å²) in [5.74, 6) is -1.33. The molecule has 0 atom stereocenters. The molecule has 0 aliphatic heterocycles. The number of carbonyl (C=O) groups is 2. The third kappa shape index (κ3) is 3.92. The van der Waals surface area contributed by atoms with E-state index in [0.717, 1.165) is 5.56 Å². The largest absolute Gasteiger partial charge is 0.386 e. The highest BCUT2D eigenvalue weighted by Gasteiger charge is 2.09. The molecule has 0 saturated carbocycles. The SMILES string of the molecule is O=C(C=Cc1ccccc1)OC(=O)c1ccccc1. The number of carbonyl (C=O) groups excluding carboxylic acids is 2. The summed E-state index contributed by atoms with van der Waals surface area (Å²) in [6, 6.07) is 17.7. The Morgan fingerprint density at radius 1 is 0.842 bits per heavy atom. The van der Waals surface area contributed by atoms with E-state index in [1.165, 1.54) is 6.08 Å². The minimum absolute atomic E-state index is 0.351. The van der Waals surface area contributed by atoms with E-state index < -0.39 is 11.9 Å². The number of benzene rings is 2. The standard InChI is InChI=1S/C16H12O3/c17-15(12-11-13-7-3-1-4-8-13)19-16(18)14-9-5-2-6-10-14/h1-12H. The molecule has 0 saturated heterocycles. The monoisotopic (exact) mass is 252 g/mol. The first kappa shape index (κ1) is 12.8. The van der Waals surface area contributed by atoms with Crippen LogP contribution in [0.1, 0.15) is 15.9 Å². The Kier molecular flexibility index (Phi) is 4.24. The summed E-state index contributed by atoms with van der Waals surface area (Å²) in [5.41, 5.74) is 1.22. The minimum atomic E-state index is -0.683. The molecule has 2 rings (SSSR count). The fourth-order valence-electron chi connectivity index (χ4n) is 1.49. The number of hydrogen-bond acceptors (Lipinski definition) is 3. The lowest BCUT2D eigenvalue weighted by molar-refractivity contribution is -0.132. The molecule has 19 heavy (non-hydrogen) atoms. The van der Waals surface area contributed by atoms with Gasteiger partial charge in [-0.3, -0.25) is 0 Å². The summed E-state index contributed by atoms with van der Waals surface area (Å²) in [7, 11) is 0. The summed E-state index contributed by atoms with van der Waals surface area (Å²) < 4.78 is 4.69. The molecule has 0 amide bonds. The number of hydrogen-bond donors (Lipinski definition) is 0. The molecular formula is C16H12O3. The molecule has 3 heteroatoms. The number of esters is 2. The predicted octanol–water partition coefficient (Wildman–Crippen LogP) is 3.08. The maximum atomic E-state index is 11.6. The predicted molar refractivity (Wildman–Crippen MR) is 72.3 cm³/mol. The van der Waals surface area contributed by atoms with Crippen molar-refractivity contribution in [3.8, 4) is 0 Å². The third-order valence-corrected chi connectivity index (χ3v) is 2.41. The van der Waals surface area contributed by atoms with Crippen LogP contribution in [-0.4, -0.2) is 11.9 Å². The molecule has 3 nitrogen and oxygen atoms in total. The number of rotatable bonds is 3. The van der Waals surface area contributed by atoms with Crippen molar-refractivity contribution in [1.82, 2.24) is 0 Å². The molecule has 0 N–H and O–H groups in total. The van der Waals surface area contributed by atoms with Gasteiger partial charge in [0.2, 0.25) is 0 Å². The summed E-state index contributed by atoms with van der Waals surface area (Å²) in [6.07, 6.45) is 2.83. The Labute approximate surface area is 111 Å². The van der Waals surface area contributed by atoms with Crippen LogP contribution < -0.4 is 0 Å². The average Bonchev–Trinajstić information content (AvgIpc) is 2.47. The van der Waals surface area contributed by atoms with Gasteiger partial charge in [-0.15, -0.1) is 0 Å². The van der Waals surface area contributed by atoms with E-state index in [4.69, 9.17) is 4.74 Å². The van der Waals surface area contributed by atoms with Crippen molar-refractivity contribution in [3.63, 3.8) is 0 Å². The second-order valence-corrected chi connectivity index (χ2v) is 3.82. The first-order chi connectivity index (χ1) is 9.25. The lowest BCUT2D eigenvalue weighted by Crippen LogP contribution is -2.09. The fraction of sp³-hybridized carbons (Fsp3) is 0. The molecule has 0 spiro atoms. The second-order valence-electron chi connectivity index (χ2n) is 3.82. The van der Waals surface area contributed by atoms with Crippen molar-refractivity contribution in [2.75, 3.05) is 0 Å². The van der Waals surface area contributed by atoms with E-state index in [2.05, 4.69) is 0 Å². The maximum Gasteiger partial charge on any atom is 0.346 e. The number of ether oxygens (including phenoxy) is 1. The van der Waals surface area contributed by atoms with Crippen LogP contribution in [0.25, 0.3) is 6.08 Å². The first-order valence-corrected chi connectivity index (χ1v) is 5.80. The molecule has 0 aliphatic rings. The van der Waals surface area contributed by atoms with Crippen LogP contribution in [0.4, 0.5) is 0 Å². The van der Waals surface area contributed by atoms with E-state index in [1.807, 2.05) is 30.3 Å². The van der Waals surface area contributed by atoms with Crippen molar-refractivity contribution >= 4 is 18.0 Å². The maximum absolute atomic E-state index is 11.6. The topological polar surface area (TPSA) is 43.4 Å². The molecule has 2 aromatic rings. The van der Waals surface area contributed by atoms with Crippen molar-refractivity contribution < 1.29 is 14.3 Å². The third-order valence-electron chi connectivity index (χ3n) is 2.41. The van der Waals surface area contributed by atoms with Crippen LogP contribution in [0.2, 0.25) is 0 Å². The highest BCUT2D eigenvalue weighted by molar-refractivity contribution is 6.01. The van der Waals surface area contributed by atoms with Crippen molar-refractivity contribution in [1.29, 1.82) is 0 Å². The van der Waals surface area contributed by atoms with Crippen molar-refractivity contribution in [2.45, 2.75) is 0 Å². The lowest BCUT2D eigenvalue weighted by Gasteiger charge is -1.99. The summed E-state index contributed by atoms with van der Waals surface area (Å²) in [6.45, 7) is 0. The van der Waals surface area contributed by atoms with Gasteiger partial charge in [-0.1, -0.05) is 48.5 Å². The van der Waals surface area contributed by atoms with Gasteiger partial charge in [0.15, 0.2) is 0 Å². The molecule has 0 aliphatic carbocycles. The Hall–Kier alpha value is -2.68. The van der Waals surface area contributed by atoms with E-state index in [-0.39, 0.29) is 0 Å². The van der Waals surface area contributed by atoms with Crippen LogP contribution in [-0.2, 0) is 9.53 Å². The first-order valence-electron chi connectivity index (χ1n) is 5.80. The second kappa shape index (κ2) is 6.31. The van der Waals surface area contributed by atoms with Crippen molar-refractivity contribution in [3.05, 3.63) is 77.9 Å².